The molecule has 0 aliphatic carbocycles. The van der Waals surface area contributed by atoms with Gasteiger partial charge in [-0.05, 0) is 48.4 Å². The number of nitrogens with zero attached hydrogens (tertiary/aromatic N) is 3. The quantitative estimate of drug-likeness (QED) is 0.791. The van der Waals surface area contributed by atoms with Crippen LogP contribution in [0.15, 0.2) is 54.9 Å². The minimum absolute atomic E-state index is 0.0393. The van der Waals surface area contributed by atoms with E-state index in [1.807, 2.05) is 23.1 Å². The van der Waals surface area contributed by atoms with E-state index in [-0.39, 0.29) is 18.4 Å². The molecule has 1 aliphatic rings. The molecule has 142 valence electrons. The molecular formula is C22H27N3O2. The molecule has 1 fully saturated rings. The SMILES string of the molecule is CC(=O)N(CC(=O)N1CCC(Cc2ccccc2)CC1)Cc1ccncc1. The summed E-state index contributed by atoms with van der Waals surface area (Å²) in [6, 6.07) is 14.3. The molecule has 2 amide bonds. The largest absolute Gasteiger partial charge is 0.341 e. The van der Waals surface area contributed by atoms with Crippen LogP contribution in [0.25, 0.3) is 0 Å². The summed E-state index contributed by atoms with van der Waals surface area (Å²) >= 11 is 0. The lowest BCUT2D eigenvalue weighted by atomic mass is 9.90. The number of benzene rings is 1. The number of pyridine rings is 1. The molecule has 0 unspecified atom stereocenters. The second kappa shape index (κ2) is 9.31. The normalized spacial score (nSPS) is 14.8. The Balaban J connectivity index is 1.49. The van der Waals surface area contributed by atoms with Crippen LogP contribution in [-0.4, -0.2) is 46.2 Å². The predicted octanol–water partition coefficient (Wildman–Crippen LogP) is 2.91. The summed E-state index contributed by atoms with van der Waals surface area (Å²) < 4.78 is 0. The third-order valence-electron chi connectivity index (χ3n) is 5.23. The lowest BCUT2D eigenvalue weighted by Gasteiger charge is -2.33. The summed E-state index contributed by atoms with van der Waals surface area (Å²) in [5, 5.41) is 0. The molecule has 2 heterocycles. The Kier molecular flexibility index (Phi) is 6.58. The number of hydrogen-bond donors (Lipinski definition) is 0. The van der Waals surface area contributed by atoms with Gasteiger partial charge in [0.05, 0.1) is 0 Å². The number of likely N-dealkylation sites (tertiary alicyclic amines) is 1. The maximum absolute atomic E-state index is 12.7. The molecule has 27 heavy (non-hydrogen) atoms. The van der Waals surface area contributed by atoms with E-state index in [1.165, 1.54) is 12.5 Å². The molecule has 0 saturated carbocycles. The number of carbonyl (C=O) groups is 2. The molecule has 1 aliphatic heterocycles. The van der Waals surface area contributed by atoms with Gasteiger partial charge in [-0.25, -0.2) is 0 Å². The van der Waals surface area contributed by atoms with Crippen molar-refractivity contribution in [2.45, 2.75) is 32.7 Å². The van der Waals surface area contributed by atoms with E-state index in [0.29, 0.717) is 12.5 Å². The zero-order valence-corrected chi connectivity index (χ0v) is 15.9. The maximum atomic E-state index is 12.7. The van der Waals surface area contributed by atoms with Crippen molar-refractivity contribution >= 4 is 11.8 Å². The second-order valence-corrected chi connectivity index (χ2v) is 7.24. The number of rotatable bonds is 6. The third kappa shape index (κ3) is 5.64. The van der Waals surface area contributed by atoms with Gasteiger partial charge in [-0.15, -0.1) is 0 Å². The van der Waals surface area contributed by atoms with Gasteiger partial charge in [0, 0.05) is 39.0 Å². The first-order valence-corrected chi connectivity index (χ1v) is 9.58. The van der Waals surface area contributed by atoms with Crippen molar-refractivity contribution in [3.05, 3.63) is 66.0 Å². The van der Waals surface area contributed by atoms with Crippen molar-refractivity contribution in [2.24, 2.45) is 5.92 Å². The Morgan fingerprint density at radius 1 is 1.04 bits per heavy atom. The molecule has 5 heteroatoms. The number of amides is 2. The zero-order chi connectivity index (χ0) is 19.1. The molecule has 0 bridgehead atoms. The summed E-state index contributed by atoms with van der Waals surface area (Å²) in [5.41, 5.74) is 2.34. The molecular weight excluding hydrogens is 338 g/mol. The molecule has 1 saturated heterocycles. The lowest BCUT2D eigenvalue weighted by molar-refractivity contribution is -0.140. The van der Waals surface area contributed by atoms with Crippen molar-refractivity contribution in [3.8, 4) is 0 Å². The van der Waals surface area contributed by atoms with E-state index in [2.05, 4.69) is 29.2 Å². The first kappa shape index (κ1) is 19.1. The van der Waals surface area contributed by atoms with Crippen LogP contribution >= 0.6 is 0 Å². The standard InChI is InChI=1S/C22H27N3O2/c1-18(26)25(16-21-7-11-23-12-8-21)17-22(27)24-13-9-20(10-14-24)15-19-5-3-2-4-6-19/h2-8,11-12,20H,9-10,13-17H2,1H3. The number of hydrogen-bond acceptors (Lipinski definition) is 3. The lowest BCUT2D eigenvalue weighted by Crippen LogP contribution is -2.45. The fourth-order valence-corrected chi connectivity index (χ4v) is 3.58. The van der Waals surface area contributed by atoms with Gasteiger partial charge in [0.1, 0.15) is 6.54 Å². The van der Waals surface area contributed by atoms with E-state index in [4.69, 9.17) is 0 Å². The van der Waals surface area contributed by atoms with E-state index < -0.39 is 0 Å². The summed E-state index contributed by atoms with van der Waals surface area (Å²) in [5.74, 6) is 0.578. The van der Waals surface area contributed by atoms with Crippen molar-refractivity contribution in [3.63, 3.8) is 0 Å². The topological polar surface area (TPSA) is 53.5 Å². The van der Waals surface area contributed by atoms with Crippen molar-refractivity contribution < 1.29 is 9.59 Å². The highest BCUT2D eigenvalue weighted by atomic mass is 16.2. The van der Waals surface area contributed by atoms with E-state index in [9.17, 15) is 9.59 Å². The van der Waals surface area contributed by atoms with E-state index in [1.54, 1.807) is 17.3 Å². The first-order valence-electron chi connectivity index (χ1n) is 9.58. The van der Waals surface area contributed by atoms with Gasteiger partial charge in [0.15, 0.2) is 0 Å². The Hall–Kier alpha value is -2.69. The van der Waals surface area contributed by atoms with Crippen molar-refractivity contribution in [2.75, 3.05) is 19.6 Å². The van der Waals surface area contributed by atoms with Crippen LogP contribution in [-0.2, 0) is 22.6 Å². The fourth-order valence-electron chi connectivity index (χ4n) is 3.58. The summed E-state index contributed by atoms with van der Waals surface area (Å²) in [7, 11) is 0. The average Bonchev–Trinajstić information content (AvgIpc) is 2.69. The van der Waals surface area contributed by atoms with Crippen LogP contribution < -0.4 is 0 Å². The average molecular weight is 365 g/mol. The molecule has 0 atom stereocenters. The summed E-state index contributed by atoms with van der Waals surface area (Å²) in [6.07, 6.45) is 6.51. The molecule has 3 rings (SSSR count). The highest BCUT2D eigenvalue weighted by Gasteiger charge is 2.25. The van der Waals surface area contributed by atoms with Crippen molar-refractivity contribution in [1.82, 2.24) is 14.8 Å². The third-order valence-corrected chi connectivity index (χ3v) is 5.23. The van der Waals surface area contributed by atoms with Gasteiger partial charge in [-0.2, -0.15) is 0 Å². The Labute approximate surface area is 161 Å². The Morgan fingerprint density at radius 2 is 1.70 bits per heavy atom. The molecule has 0 N–H and O–H groups in total. The molecule has 1 aromatic heterocycles. The van der Waals surface area contributed by atoms with Crippen LogP contribution in [0.4, 0.5) is 0 Å². The second-order valence-electron chi connectivity index (χ2n) is 7.24. The minimum atomic E-state index is -0.0841. The predicted molar refractivity (Wildman–Crippen MR) is 105 cm³/mol. The number of piperidine rings is 1. The summed E-state index contributed by atoms with van der Waals surface area (Å²) in [4.78, 5) is 32.2. The monoisotopic (exact) mass is 365 g/mol. The molecule has 0 radical (unpaired) electrons. The van der Waals surface area contributed by atoms with Crippen LogP contribution in [0.5, 0.6) is 0 Å². The zero-order valence-electron chi connectivity index (χ0n) is 15.9. The van der Waals surface area contributed by atoms with E-state index in [0.717, 1.165) is 37.9 Å². The molecule has 5 nitrogen and oxygen atoms in total. The van der Waals surface area contributed by atoms with Crippen LogP contribution in [0, 0.1) is 5.92 Å². The van der Waals surface area contributed by atoms with Gasteiger partial charge >= 0.3 is 0 Å². The molecule has 1 aromatic carbocycles. The van der Waals surface area contributed by atoms with Gasteiger partial charge in [-0.1, -0.05) is 30.3 Å². The highest BCUT2D eigenvalue weighted by Crippen LogP contribution is 2.22. The Bertz CT molecular complexity index is 741. The highest BCUT2D eigenvalue weighted by molar-refractivity contribution is 5.83. The maximum Gasteiger partial charge on any atom is 0.242 e. The summed E-state index contributed by atoms with van der Waals surface area (Å²) in [6.45, 7) is 3.64. The molecule has 2 aromatic rings. The van der Waals surface area contributed by atoms with Crippen LogP contribution in [0.3, 0.4) is 0 Å². The van der Waals surface area contributed by atoms with Crippen LogP contribution in [0.2, 0.25) is 0 Å². The van der Waals surface area contributed by atoms with Crippen LogP contribution in [0.1, 0.15) is 30.9 Å². The van der Waals surface area contributed by atoms with Crippen molar-refractivity contribution in [1.29, 1.82) is 0 Å². The van der Waals surface area contributed by atoms with Gasteiger partial charge in [0.2, 0.25) is 11.8 Å². The van der Waals surface area contributed by atoms with Gasteiger partial charge < -0.3 is 9.80 Å². The number of aromatic nitrogens is 1. The molecule has 0 spiro atoms. The minimum Gasteiger partial charge on any atom is -0.341 e. The van der Waals surface area contributed by atoms with Gasteiger partial charge in [0.25, 0.3) is 0 Å². The smallest absolute Gasteiger partial charge is 0.242 e. The van der Waals surface area contributed by atoms with Gasteiger partial charge in [-0.3, -0.25) is 14.6 Å². The number of carbonyl (C=O) groups excluding carboxylic acids is 2. The first-order chi connectivity index (χ1) is 13.1. The fraction of sp³-hybridized carbons (Fsp3) is 0.409. The van der Waals surface area contributed by atoms with E-state index >= 15 is 0 Å². The Morgan fingerprint density at radius 3 is 2.33 bits per heavy atom.